The van der Waals surface area contributed by atoms with Gasteiger partial charge in [-0.1, -0.05) is 42.5 Å². The minimum absolute atomic E-state index is 0.634. The summed E-state index contributed by atoms with van der Waals surface area (Å²) >= 11 is 0. The average molecular weight is 363 g/mol. The number of imidazole rings is 1. The quantitative estimate of drug-likeness (QED) is 0.521. The number of nitrogens with one attached hydrogen (secondary N) is 2. The zero-order chi connectivity index (χ0) is 19.1. The maximum Gasteiger partial charge on any atom is 0.194 e. The van der Waals surface area contributed by atoms with Gasteiger partial charge in [0.15, 0.2) is 5.96 Å². The molecule has 0 aliphatic heterocycles. The number of nitrogens with zero attached hydrogens (tertiary/aromatic N) is 3. The molecule has 140 valence electrons. The Labute approximate surface area is 159 Å². The molecule has 6 heteroatoms. The minimum Gasteiger partial charge on any atom is -0.497 e. The molecule has 0 atom stereocenters. The molecule has 3 rings (SSSR count). The standard InChI is InChI=1S/C21H25N5O/c1-22-21(24-13-16-9-11-18(27-3)12-10-16)26(2)15-20-23-14-19(25-20)17-7-5-4-6-8-17/h4-12,14H,13,15H2,1-3H3,(H,22,24)(H,23,25). The Bertz CT molecular complexity index is 871. The van der Waals surface area contributed by atoms with Crippen LogP contribution in [0.25, 0.3) is 11.3 Å². The maximum absolute atomic E-state index is 5.19. The fraction of sp³-hybridized carbons (Fsp3) is 0.238. The number of hydrogen-bond donors (Lipinski definition) is 2. The SMILES string of the molecule is CN=C(NCc1ccc(OC)cc1)N(C)Cc1ncc(-c2ccccc2)[nH]1. The molecule has 0 amide bonds. The molecular formula is C21H25N5O. The smallest absolute Gasteiger partial charge is 0.194 e. The van der Waals surface area contributed by atoms with Crippen LogP contribution >= 0.6 is 0 Å². The van der Waals surface area contributed by atoms with E-state index >= 15 is 0 Å². The molecule has 0 aliphatic rings. The molecular weight excluding hydrogens is 338 g/mol. The van der Waals surface area contributed by atoms with E-state index in [0.29, 0.717) is 13.1 Å². The van der Waals surface area contributed by atoms with E-state index in [1.54, 1.807) is 14.2 Å². The van der Waals surface area contributed by atoms with Crippen molar-refractivity contribution >= 4 is 5.96 Å². The Balaban J connectivity index is 1.58. The van der Waals surface area contributed by atoms with Gasteiger partial charge in [-0.2, -0.15) is 0 Å². The van der Waals surface area contributed by atoms with Crippen LogP contribution < -0.4 is 10.1 Å². The number of aliphatic imine (C=N–C) groups is 1. The summed E-state index contributed by atoms with van der Waals surface area (Å²) in [4.78, 5) is 14.3. The number of ether oxygens (including phenoxy) is 1. The van der Waals surface area contributed by atoms with Gasteiger partial charge < -0.3 is 19.9 Å². The molecule has 27 heavy (non-hydrogen) atoms. The molecule has 0 fully saturated rings. The van der Waals surface area contributed by atoms with Gasteiger partial charge in [-0.05, 0) is 23.3 Å². The van der Waals surface area contributed by atoms with Gasteiger partial charge in [-0.15, -0.1) is 0 Å². The van der Waals surface area contributed by atoms with Crippen molar-refractivity contribution in [3.63, 3.8) is 0 Å². The van der Waals surface area contributed by atoms with Gasteiger partial charge in [-0.25, -0.2) is 4.98 Å². The van der Waals surface area contributed by atoms with Gasteiger partial charge in [0.2, 0.25) is 0 Å². The van der Waals surface area contributed by atoms with E-state index in [2.05, 4.69) is 32.4 Å². The highest BCUT2D eigenvalue weighted by molar-refractivity contribution is 5.79. The predicted octanol–water partition coefficient (Wildman–Crippen LogP) is 3.29. The number of benzene rings is 2. The largest absolute Gasteiger partial charge is 0.497 e. The van der Waals surface area contributed by atoms with Crippen molar-refractivity contribution in [2.75, 3.05) is 21.2 Å². The molecule has 2 aromatic carbocycles. The Kier molecular flexibility index (Phi) is 6.10. The van der Waals surface area contributed by atoms with Gasteiger partial charge in [0.25, 0.3) is 0 Å². The topological polar surface area (TPSA) is 65.5 Å². The first-order chi connectivity index (χ1) is 13.2. The van der Waals surface area contributed by atoms with Crippen LogP contribution in [0.2, 0.25) is 0 Å². The maximum atomic E-state index is 5.19. The summed E-state index contributed by atoms with van der Waals surface area (Å²) < 4.78 is 5.19. The third-order valence-corrected chi connectivity index (χ3v) is 4.28. The first kappa shape index (κ1) is 18.5. The molecule has 0 aliphatic carbocycles. The third kappa shape index (κ3) is 4.88. The molecule has 0 saturated heterocycles. The van der Waals surface area contributed by atoms with Crippen LogP contribution in [0.1, 0.15) is 11.4 Å². The minimum atomic E-state index is 0.634. The molecule has 2 N–H and O–H groups in total. The summed E-state index contributed by atoms with van der Waals surface area (Å²) in [6.07, 6.45) is 1.87. The molecule has 0 bridgehead atoms. The van der Waals surface area contributed by atoms with E-state index in [1.165, 1.54) is 0 Å². The Hall–Kier alpha value is -3.28. The Morgan fingerprint density at radius 2 is 1.89 bits per heavy atom. The zero-order valence-electron chi connectivity index (χ0n) is 15.9. The van der Waals surface area contributed by atoms with E-state index < -0.39 is 0 Å². The highest BCUT2D eigenvalue weighted by Gasteiger charge is 2.10. The Morgan fingerprint density at radius 3 is 2.56 bits per heavy atom. The van der Waals surface area contributed by atoms with Gasteiger partial charge >= 0.3 is 0 Å². The van der Waals surface area contributed by atoms with Crippen LogP contribution in [-0.4, -0.2) is 42.0 Å². The van der Waals surface area contributed by atoms with Crippen molar-refractivity contribution in [1.82, 2.24) is 20.2 Å². The van der Waals surface area contributed by atoms with Crippen molar-refractivity contribution < 1.29 is 4.74 Å². The van der Waals surface area contributed by atoms with E-state index in [9.17, 15) is 0 Å². The van der Waals surface area contributed by atoms with Gasteiger partial charge in [0.1, 0.15) is 11.6 Å². The number of hydrogen-bond acceptors (Lipinski definition) is 3. The van der Waals surface area contributed by atoms with Crippen molar-refractivity contribution in [3.05, 3.63) is 72.2 Å². The molecule has 0 radical (unpaired) electrons. The number of guanidine groups is 1. The van der Waals surface area contributed by atoms with Crippen molar-refractivity contribution in [1.29, 1.82) is 0 Å². The molecule has 1 heterocycles. The summed E-state index contributed by atoms with van der Waals surface area (Å²) in [7, 11) is 5.44. The van der Waals surface area contributed by atoms with Gasteiger partial charge in [0, 0.05) is 20.6 Å². The number of aromatic nitrogens is 2. The van der Waals surface area contributed by atoms with E-state index in [4.69, 9.17) is 4.74 Å². The monoisotopic (exact) mass is 363 g/mol. The van der Waals surface area contributed by atoms with E-state index in [0.717, 1.165) is 34.4 Å². The molecule has 3 aromatic rings. The molecule has 0 unspecified atom stereocenters. The van der Waals surface area contributed by atoms with Gasteiger partial charge in [-0.3, -0.25) is 4.99 Å². The fourth-order valence-corrected chi connectivity index (χ4v) is 2.82. The second-order valence-electron chi connectivity index (χ2n) is 6.21. The Morgan fingerprint density at radius 1 is 1.15 bits per heavy atom. The fourth-order valence-electron chi connectivity index (χ4n) is 2.82. The van der Waals surface area contributed by atoms with Crippen LogP contribution in [0.3, 0.4) is 0 Å². The predicted molar refractivity (Wildman–Crippen MR) is 109 cm³/mol. The van der Waals surface area contributed by atoms with Crippen LogP contribution in [0, 0.1) is 0 Å². The number of H-pyrrole nitrogens is 1. The number of aromatic amines is 1. The lowest BCUT2D eigenvalue weighted by Crippen LogP contribution is -2.38. The summed E-state index contributed by atoms with van der Waals surface area (Å²) in [5.74, 6) is 2.56. The molecule has 1 aromatic heterocycles. The second kappa shape index (κ2) is 8.89. The van der Waals surface area contributed by atoms with Crippen molar-refractivity contribution in [2.45, 2.75) is 13.1 Å². The van der Waals surface area contributed by atoms with Gasteiger partial charge in [0.05, 0.1) is 25.5 Å². The number of methoxy groups -OCH3 is 1. The summed E-state index contributed by atoms with van der Waals surface area (Å²) in [5, 5.41) is 3.38. The van der Waals surface area contributed by atoms with E-state index in [1.807, 2.05) is 60.6 Å². The summed E-state index contributed by atoms with van der Waals surface area (Å²) in [5.41, 5.74) is 3.30. The highest BCUT2D eigenvalue weighted by atomic mass is 16.5. The average Bonchev–Trinajstić information content (AvgIpc) is 3.18. The summed E-state index contributed by atoms with van der Waals surface area (Å²) in [6, 6.07) is 18.2. The number of rotatable bonds is 6. The molecule has 0 spiro atoms. The zero-order valence-corrected chi connectivity index (χ0v) is 15.9. The first-order valence-corrected chi connectivity index (χ1v) is 8.83. The lowest BCUT2D eigenvalue weighted by Gasteiger charge is -2.21. The highest BCUT2D eigenvalue weighted by Crippen LogP contribution is 2.16. The summed E-state index contributed by atoms with van der Waals surface area (Å²) in [6.45, 7) is 1.32. The molecule has 0 saturated carbocycles. The lowest BCUT2D eigenvalue weighted by molar-refractivity contribution is 0.414. The van der Waals surface area contributed by atoms with Crippen molar-refractivity contribution in [3.8, 4) is 17.0 Å². The van der Waals surface area contributed by atoms with Crippen LogP contribution in [-0.2, 0) is 13.1 Å². The third-order valence-electron chi connectivity index (χ3n) is 4.28. The lowest BCUT2D eigenvalue weighted by atomic mass is 10.2. The second-order valence-corrected chi connectivity index (χ2v) is 6.21. The molecule has 6 nitrogen and oxygen atoms in total. The normalized spacial score (nSPS) is 11.3. The van der Waals surface area contributed by atoms with Crippen LogP contribution in [0.15, 0.2) is 65.8 Å². The first-order valence-electron chi connectivity index (χ1n) is 8.83. The van der Waals surface area contributed by atoms with E-state index in [-0.39, 0.29) is 0 Å². The van der Waals surface area contributed by atoms with Crippen LogP contribution in [0.5, 0.6) is 5.75 Å². The van der Waals surface area contributed by atoms with Crippen molar-refractivity contribution in [2.24, 2.45) is 4.99 Å². The van der Waals surface area contributed by atoms with Crippen LogP contribution in [0.4, 0.5) is 0 Å².